The molecule has 0 saturated heterocycles. The molecule has 3 rings (SSSR count). The van der Waals surface area contributed by atoms with Crippen LogP contribution in [0.3, 0.4) is 0 Å². The van der Waals surface area contributed by atoms with E-state index in [4.69, 9.17) is 9.47 Å². The van der Waals surface area contributed by atoms with Crippen molar-refractivity contribution in [3.63, 3.8) is 0 Å². The van der Waals surface area contributed by atoms with Crippen molar-refractivity contribution in [1.29, 1.82) is 0 Å². The Hall–Kier alpha value is -2.71. The maximum atomic E-state index is 12.6. The van der Waals surface area contributed by atoms with Gasteiger partial charge in [-0.25, -0.2) is 0 Å². The number of carbonyl (C=O) groups excluding carboxylic acids is 1. The molecule has 1 atom stereocenters. The Labute approximate surface area is 154 Å². The molecule has 0 spiro atoms. The lowest BCUT2D eigenvalue weighted by Crippen LogP contribution is -2.34. The van der Waals surface area contributed by atoms with Gasteiger partial charge in [-0.05, 0) is 29.7 Å². The van der Waals surface area contributed by atoms with Gasteiger partial charge < -0.3 is 14.8 Å². The number of benzene rings is 1. The van der Waals surface area contributed by atoms with Crippen LogP contribution in [-0.2, 0) is 17.5 Å². The highest BCUT2D eigenvalue weighted by Crippen LogP contribution is 2.34. The van der Waals surface area contributed by atoms with Crippen LogP contribution < -0.4 is 14.8 Å². The molecule has 1 unspecified atom stereocenters. The summed E-state index contributed by atoms with van der Waals surface area (Å²) in [7, 11) is 0. The van der Waals surface area contributed by atoms with Crippen molar-refractivity contribution in [2.24, 2.45) is 5.92 Å². The smallest absolute Gasteiger partial charge is 0.435 e. The zero-order chi connectivity index (χ0) is 19.6. The van der Waals surface area contributed by atoms with E-state index in [9.17, 15) is 18.0 Å². The lowest BCUT2D eigenvalue weighted by Gasteiger charge is -2.25. The fourth-order valence-corrected chi connectivity index (χ4v) is 2.86. The molecule has 9 heteroatoms. The largest absolute Gasteiger partial charge is 0.486 e. The summed E-state index contributed by atoms with van der Waals surface area (Å²) in [6.07, 6.45) is -3.40. The van der Waals surface area contributed by atoms with E-state index < -0.39 is 17.8 Å². The average Bonchev–Trinajstić information content (AvgIpc) is 3.08. The van der Waals surface area contributed by atoms with E-state index in [0.29, 0.717) is 24.7 Å². The lowest BCUT2D eigenvalue weighted by atomic mass is 9.95. The van der Waals surface area contributed by atoms with E-state index >= 15 is 0 Å². The van der Waals surface area contributed by atoms with Crippen molar-refractivity contribution >= 4 is 5.91 Å². The predicted octanol–water partition coefficient (Wildman–Crippen LogP) is 3.19. The first-order chi connectivity index (χ1) is 12.7. The van der Waals surface area contributed by atoms with Gasteiger partial charge in [-0.3, -0.25) is 9.48 Å². The highest BCUT2D eigenvalue weighted by atomic mass is 19.4. The number of aromatic nitrogens is 2. The molecule has 0 radical (unpaired) electrons. The van der Waals surface area contributed by atoms with Crippen LogP contribution in [-0.4, -0.2) is 28.9 Å². The molecule has 146 valence electrons. The van der Waals surface area contributed by atoms with Crippen molar-refractivity contribution in [2.75, 3.05) is 13.2 Å². The molecular formula is C18H20F3N3O3. The third kappa shape index (κ3) is 4.53. The van der Waals surface area contributed by atoms with Crippen LogP contribution in [0.15, 0.2) is 30.5 Å². The van der Waals surface area contributed by atoms with Crippen LogP contribution >= 0.6 is 0 Å². The van der Waals surface area contributed by atoms with E-state index in [-0.39, 0.29) is 18.5 Å². The number of amides is 1. The predicted molar refractivity (Wildman–Crippen MR) is 90.4 cm³/mol. The van der Waals surface area contributed by atoms with Crippen LogP contribution in [0.25, 0.3) is 0 Å². The summed E-state index contributed by atoms with van der Waals surface area (Å²) < 4.78 is 49.9. The first-order valence-corrected chi connectivity index (χ1v) is 8.53. The molecule has 1 N–H and O–H groups in total. The van der Waals surface area contributed by atoms with Crippen molar-refractivity contribution in [3.8, 4) is 11.5 Å². The first-order valence-electron chi connectivity index (χ1n) is 8.53. The summed E-state index contributed by atoms with van der Waals surface area (Å²) in [4.78, 5) is 12.3. The topological polar surface area (TPSA) is 65.4 Å². The minimum atomic E-state index is -4.53. The van der Waals surface area contributed by atoms with E-state index in [1.165, 1.54) is 0 Å². The number of hydrogen-bond acceptors (Lipinski definition) is 4. The van der Waals surface area contributed by atoms with Gasteiger partial charge in [0.1, 0.15) is 19.8 Å². The van der Waals surface area contributed by atoms with Crippen LogP contribution in [0.4, 0.5) is 13.2 Å². The molecule has 0 fully saturated rings. The third-order valence-electron chi connectivity index (χ3n) is 4.15. The highest BCUT2D eigenvalue weighted by molar-refractivity contribution is 5.76. The van der Waals surface area contributed by atoms with Gasteiger partial charge in [-0.2, -0.15) is 18.3 Å². The zero-order valence-electron chi connectivity index (χ0n) is 14.9. The number of ether oxygens (including phenoxy) is 2. The summed E-state index contributed by atoms with van der Waals surface area (Å²) in [5, 5.41) is 6.26. The summed E-state index contributed by atoms with van der Waals surface area (Å²) >= 11 is 0. The number of carbonyl (C=O) groups is 1. The SMILES string of the molecule is CC(C)C(NC(=O)Cn1ccc(C(F)(F)F)n1)c1ccc2c(c1)OCCO2. The van der Waals surface area contributed by atoms with Crippen molar-refractivity contribution < 1.29 is 27.4 Å². The molecule has 2 heterocycles. The summed E-state index contributed by atoms with van der Waals surface area (Å²) in [6, 6.07) is 5.96. The molecule has 2 aromatic rings. The van der Waals surface area contributed by atoms with Crippen LogP contribution in [0, 0.1) is 5.92 Å². The maximum Gasteiger partial charge on any atom is 0.435 e. The van der Waals surface area contributed by atoms with Crippen LogP contribution in [0.5, 0.6) is 11.5 Å². The standard InChI is InChI=1S/C18H20F3N3O3/c1-11(2)17(12-3-4-13-14(9-12)27-8-7-26-13)22-16(25)10-24-6-5-15(23-24)18(19,20)21/h3-6,9,11,17H,7-8,10H2,1-2H3,(H,22,25). The lowest BCUT2D eigenvalue weighted by molar-refractivity contribution is -0.141. The second-order valence-corrected chi connectivity index (χ2v) is 6.59. The molecule has 6 nitrogen and oxygen atoms in total. The zero-order valence-corrected chi connectivity index (χ0v) is 14.9. The van der Waals surface area contributed by atoms with E-state index in [1.54, 1.807) is 6.07 Å². The Morgan fingerprint density at radius 1 is 1.22 bits per heavy atom. The number of nitrogens with zero attached hydrogens (tertiary/aromatic N) is 2. The third-order valence-corrected chi connectivity index (χ3v) is 4.15. The highest BCUT2D eigenvalue weighted by Gasteiger charge is 2.33. The van der Waals surface area contributed by atoms with Gasteiger partial charge in [0.2, 0.25) is 5.91 Å². The number of rotatable bonds is 5. The molecule has 27 heavy (non-hydrogen) atoms. The summed E-state index contributed by atoms with van der Waals surface area (Å²) in [6.45, 7) is 4.52. The Morgan fingerprint density at radius 2 is 1.93 bits per heavy atom. The van der Waals surface area contributed by atoms with Gasteiger partial charge in [-0.1, -0.05) is 19.9 Å². The van der Waals surface area contributed by atoms with E-state index in [1.807, 2.05) is 26.0 Å². The molecule has 1 aliphatic rings. The van der Waals surface area contributed by atoms with Gasteiger partial charge in [0.05, 0.1) is 6.04 Å². The number of nitrogens with one attached hydrogen (secondary N) is 1. The van der Waals surface area contributed by atoms with Crippen molar-refractivity contribution in [3.05, 3.63) is 41.7 Å². The second kappa shape index (κ2) is 7.50. The number of hydrogen-bond donors (Lipinski definition) is 1. The Balaban J connectivity index is 1.71. The fraction of sp³-hybridized carbons (Fsp3) is 0.444. The quantitative estimate of drug-likeness (QED) is 0.861. The van der Waals surface area contributed by atoms with E-state index in [2.05, 4.69) is 10.4 Å². The normalized spacial score (nSPS) is 14.9. The fourth-order valence-electron chi connectivity index (χ4n) is 2.86. The second-order valence-electron chi connectivity index (χ2n) is 6.59. The minimum Gasteiger partial charge on any atom is -0.486 e. The molecule has 0 saturated carbocycles. The van der Waals surface area contributed by atoms with Crippen LogP contribution in [0.1, 0.15) is 31.1 Å². The number of alkyl halides is 3. The van der Waals surface area contributed by atoms with Crippen LogP contribution in [0.2, 0.25) is 0 Å². The first kappa shape index (κ1) is 19.1. The van der Waals surface area contributed by atoms with Crippen molar-refractivity contribution in [1.82, 2.24) is 15.1 Å². The maximum absolute atomic E-state index is 12.6. The number of fused-ring (bicyclic) bond motifs is 1. The monoisotopic (exact) mass is 383 g/mol. The minimum absolute atomic E-state index is 0.0554. The average molecular weight is 383 g/mol. The molecule has 1 aromatic carbocycles. The number of halogens is 3. The summed E-state index contributed by atoms with van der Waals surface area (Å²) in [5.74, 6) is 0.885. The van der Waals surface area contributed by atoms with Crippen molar-refractivity contribution in [2.45, 2.75) is 32.6 Å². The molecule has 1 aliphatic heterocycles. The Kier molecular flexibility index (Phi) is 5.29. The molecule has 1 amide bonds. The summed E-state index contributed by atoms with van der Waals surface area (Å²) in [5.41, 5.74) is -0.193. The Morgan fingerprint density at radius 3 is 2.56 bits per heavy atom. The molecule has 0 aliphatic carbocycles. The Bertz CT molecular complexity index is 818. The molecule has 1 aromatic heterocycles. The molecular weight excluding hydrogens is 363 g/mol. The van der Waals surface area contributed by atoms with Gasteiger partial charge >= 0.3 is 6.18 Å². The van der Waals surface area contributed by atoms with Gasteiger partial charge in [-0.15, -0.1) is 0 Å². The van der Waals surface area contributed by atoms with Gasteiger partial charge in [0, 0.05) is 6.20 Å². The van der Waals surface area contributed by atoms with E-state index in [0.717, 1.165) is 22.5 Å². The molecule has 0 bridgehead atoms. The van der Waals surface area contributed by atoms with Gasteiger partial charge in [0.15, 0.2) is 17.2 Å². The van der Waals surface area contributed by atoms with Gasteiger partial charge in [0.25, 0.3) is 0 Å².